The molecular formula is C14H23N3. The second kappa shape index (κ2) is 7.71. The maximum atomic E-state index is 4.60. The molecule has 0 saturated carbocycles. The molecule has 0 aromatic heterocycles. The quantitative estimate of drug-likeness (QED) is 0.481. The fraction of sp³-hybridized carbons (Fsp3) is 0.500. The predicted octanol–water partition coefficient (Wildman–Crippen LogP) is 2.49. The van der Waals surface area contributed by atoms with Crippen molar-refractivity contribution in [3.05, 3.63) is 35.9 Å². The number of nitrogens with zero attached hydrogens (tertiary/aromatic N) is 2. The molecule has 94 valence electrons. The van der Waals surface area contributed by atoms with E-state index in [2.05, 4.69) is 29.4 Å². The summed E-state index contributed by atoms with van der Waals surface area (Å²) in [5.74, 6) is 0.960. The van der Waals surface area contributed by atoms with E-state index < -0.39 is 0 Å². The van der Waals surface area contributed by atoms with E-state index >= 15 is 0 Å². The molecule has 1 aromatic carbocycles. The van der Waals surface area contributed by atoms with Crippen LogP contribution in [0.4, 0.5) is 0 Å². The first kappa shape index (κ1) is 13.6. The third-order valence-electron chi connectivity index (χ3n) is 2.49. The van der Waals surface area contributed by atoms with Crippen molar-refractivity contribution in [3.8, 4) is 0 Å². The molecule has 0 amide bonds. The standard InChI is InChI=1S/C14H23N3/c1-4-5-11-15-14(17(2)3)16-12-13-9-7-6-8-10-13/h6-10H,4-5,11-12H2,1-3H3,(H,15,16). The lowest BCUT2D eigenvalue weighted by molar-refractivity contribution is 0.573. The molecule has 17 heavy (non-hydrogen) atoms. The van der Waals surface area contributed by atoms with Crippen LogP contribution in [0.1, 0.15) is 25.3 Å². The van der Waals surface area contributed by atoms with Gasteiger partial charge in [-0.25, -0.2) is 4.99 Å². The van der Waals surface area contributed by atoms with Crippen molar-refractivity contribution in [2.75, 3.05) is 20.6 Å². The molecule has 1 aromatic rings. The molecule has 0 unspecified atom stereocenters. The van der Waals surface area contributed by atoms with E-state index in [4.69, 9.17) is 0 Å². The van der Waals surface area contributed by atoms with Crippen LogP contribution in [0, 0.1) is 0 Å². The van der Waals surface area contributed by atoms with Crippen molar-refractivity contribution in [2.45, 2.75) is 26.3 Å². The van der Waals surface area contributed by atoms with Crippen molar-refractivity contribution in [2.24, 2.45) is 4.99 Å². The highest BCUT2D eigenvalue weighted by Crippen LogP contribution is 2.00. The lowest BCUT2D eigenvalue weighted by atomic mass is 10.2. The lowest BCUT2D eigenvalue weighted by Crippen LogP contribution is -2.36. The minimum atomic E-state index is 0.730. The van der Waals surface area contributed by atoms with Crippen molar-refractivity contribution in [1.82, 2.24) is 10.2 Å². The summed E-state index contributed by atoms with van der Waals surface area (Å²) in [6.07, 6.45) is 2.38. The van der Waals surface area contributed by atoms with Crippen LogP contribution in [-0.2, 0) is 6.54 Å². The number of hydrogen-bond acceptors (Lipinski definition) is 1. The van der Waals surface area contributed by atoms with E-state index in [9.17, 15) is 0 Å². The van der Waals surface area contributed by atoms with Gasteiger partial charge in [0.25, 0.3) is 0 Å². The molecular weight excluding hydrogens is 210 g/mol. The Bertz CT molecular complexity index is 331. The maximum absolute atomic E-state index is 4.60. The van der Waals surface area contributed by atoms with Gasteiger partial charge >= 0.3 is 0 Å². The van der Waals surface area contributed by atoms with Crippen LogP contribution >= 0.6 is 0 Å². The van der Waals surface area contributed by atoms with Gasteiger partial charge in [0.05, 0.1) is 6.54 Å². The number of unbranched alkanes of at least 4 members (excludes halogenated alkanes) is 1. The number of nitrogens with one attached hydrogen (secondary N) is 1. The summed E-state index contributed by atoms with van der Waals surface area (Å²) in [5, 5.41) is 3.37. The average Bonchev–Trinajstić information content (AvgIpc) is 2.34. The fourth-order valence-corrected chi connectivity index (χ4v) is 1.48. The highest BCUT2D eigenvalue weighted by Gasteiger charge is 2.00. The molecule has 0 aliphatic heterocycles. The lowest BCUT2D eigenvalue weighted by Gasteiger charge is -2.17. The van der Waals surface area contributed by atoms with Gasteiger partial charge in [0.1, 0.15) is 0 Å². The van der Waals surface area contributed by atoms with Gasteiger partial charge in [-0.3, -0.25) is 0 Å². The summed E-state index contributed by atoms with van der Waals surface area (Å²) in [5.41, 5.74) is 1.24. The van der Waals surface area contributed by atoms with Gasteiger partial charge in [0.15, 0.2) is 5.96 Å². The summed E-state index contributed by atoms with van der Waals surface area (Å²) in [4.78, 5) is 6.62. The van der Waals surface area contributed by atoms with Gasteiger partial charge < -0.3 is 10.2 Å². The van der Waals surface area contributed by atoms with Gasteiger partial charge in [-0.15, -0.1) is 0 Å². The first-order valence-electron chi connectivity index (χ1n) is 6.23. The predicted molar refractivity (Wildman–Crippen MR) is 74.2 cm³/mol. The summed E-state index contributed by atoms with van der Waals surface area (Å²) in [6.45, 7) is 3.91. The van der Waals surface area contributed by atoms with Crippen LogP contribution in [0.2, 0.25) is 0 Å². The molecule has 0 fully saturated rings. The van der Waals surface area contributed by atoms with Gasteiger partial charge in [-0.05, 0) is 12.0 Å². The molecule has 0 heterocycles. The molecule has 0 spiro atoms. The summed E-state index contributed by atoms with van der Waals surface area (Å²) in [6, 6.07) is 10.3. The molecule has 3 heteroatoms. The van der Waals surface area contributed by atoms with Gasteiger partial charge in [-0.1, -0.05) is 43.7 Å². The Morgan fingerprint density at radius 3 is 2.53 bits per heavy atom. The molecule has 0 radical (unpaired) electrons. The second-order valence-corrected chi connectivity index (χ2v) is 4.30. The minimum absolute atomic E-state index is 0.730. The first-order valence-corrected chi connectivity index (χ1v) is 6.23. The van der Waals surface area contributed by atoms with E-state index in [1.54, 1.807) is 0 Å². The Kier molecular flexibility index (Phi) is 6.15. The van der Waals surface area contributed by atoms with E-state index in [0.717, 1.165) is 19.0 Å². The van der Waals surface area contributed by atoms with Gasteiger partial charge in [-0.2, -0.15) is 0 Å². The van der Waals surface area contributed by atoms with Gasteiger partial charge in [0.2, 0.25) is 0 Å². The maximum Gasteiger partial charge on any atom is 0.193 e. The Labute approximate surface area is 105 Å². The third kappa shape index (κ3) is 5.38. The average molecular weight is 233 g/mol. The van der Waals surface area contributed by atoms with E-state index in [-0.39, 0.29) is 0 Å². The van der Waals surface area contributed by atoms with Crippen LogP contribution in [0.3, 0.4) is 0 Å². The zero-order valence-electron chi connectivity index (χ0n) is 11.1. The summed E-state index contributed by atoms with van der Waals surface area (Å²) in [7, 11) is 4.03. The van der Waals surface area contributed by atoms with E-state index in [1.807, 2.05) is 37.2 Å². The molecule has 0 atom stereocenters. The molecule has 0 saturated heterocycles. The SMILES string of the molecule is CCCCNC(=NCc1ccccc1)N(C)C. The highest BCUT2D eigenvalue weighted by molar-refractivity contribution is 5.79. The van der Waals surface area contributed by atoms with E-state index in [0.29, 0.717) is 0 Å². The number of benzene rings is 1. The monoisotopic (exact) mass is 233 g/mol. The van der Waals surface area contributed by atoms with Crippen LogP contribution in [-0.4, -0.2) is 31.5 Å². The van der Waals surface area contributed by atoms with Crippen molar-refractivity contribution in [1.29, 1.82) is 0 Å². The zero-order valence-corrected chi connectivity index (χ0v) is 11.1. The Hall–Kier alpha value is -1.51. The largest absolute Gasteiger partial charge is 0.356 e. The van der Waals surface area contributed by atoms with Crippen LogP contribution in [0.25, 0.3) is 0 Å². The number of guanidine groups is 1. The Balaban J connectivity index is 2.52. The number of rotatable bonds is 5. The van der Waals surface area contributed by atoms with Crippen LogP contribution < -0.4 is 5.32 Å². The summed E-state index contributed by atoms with van der Waals surface area (Å²) >= 11 is 0. The van der Waals surface area contributed by atoms with Crippen molar-refractivity contribution >= 4 is 5.96 Å². The van der Waals surface area contributed by atoms with Crippen LogP contribution in [0.5, 0.6) is 0 Å². The fourth-order valence-electron chi connectivity index (χ4n) is 1.48. The molecule has 1 N–H and O–H groups in total. The number of aliphatic imine (C=N–C) groups is 1. The molecule has 1 rings (SSSR count). The first-order chi connectivity index (χ1) is 8.24. The molecule has 0 bridgehead atoms. The summed E-state index contributed by atoms with van der Waals surface area (Å²) < 4.78 is 0. The molecule has 0 aliphatic rings. The number of hydrogen-bond donors (Lipinski definition) is 1. The highest BCUT2D eigenvalue weighted by atomic mass is 15.3. The smallest absolute Gasteiger partial charge is 0.193 e. The Morgan fingerprint density at radius 1 is 1.24 bits per heavy atom. The molecule has 3 nitrogen and oxygen atoms in total. The minimum Gasteiger partial charge on any atom is -0.356 e. The van der Waals surface area contributed by atoms with Crippen molar-refractivity contribution in [3.63, 3.8) is 0 Å². The Morgan fingerprint density at radius 2 is 1.94 bits per heavy atom. The molecule has 0 aliphatic carbocycles. The third-order valence-corrected chi connectivity index (χ3v) is 2.49. The topological polar surface area (TPSA) is 27.6 Å². The second-order valence-electron chi connectivity index (χ2n) is 4.30. The zero-order chi connectivity index (χ0) is 12.5. The van der Waals surface area contributed by atoms with Crippen LogP contribution in [0.15, 0.2) is 35.3 Å². The van der Waals surface area contributed by atoms with Crippen molar-refractivity contribution < 1.29 is 0 Å². The van der Waals surface area contributed by atoms with Gasteiger partial charge in [0, 0.05) is 20.6 Å². The van der Waals surface area contributed by atoms with E-state index in [1.165, 1.54) is 18.4 Å². The normalized spacial score (nSPS) is 11.4.